The monoisotopic (exact) mass is 456 g/mol. The number of benzene rings is 3. The third-order valence-corrected chi connectivity index (χ3v) is 5.83. The minimum atomic E-state index is -0.750. The molecule has 1 heterocycles. The van der Waals surface area contributed by atoms with Gasteiger partial charge in [-0.05, 0) is 43.2 Å². The Kier molecular flexibility index (Phi) is 6.54. The Morgan fingerprint density at radius 1 is 0.824 bits per heavy atom. The van der Waals surface area contributed by atoms with Crippen LogP contribution in [-0.2, 0) is 9.53 Å². The van der Waals surface area contributed by atoms with Gasteiger partial charge < -0.3 is 10.1 Å². The van der Waals surface area contributed by atoms with Gasteiger partial charge in [0.1, 0.15) is 0 Å². The molecule has 3 aromatic rings. The summed E-state index contributed by atoms with van der Waals surface area (Å²) >= 11 is 0. The average Bonchev–Trinajstić information content (AvgIpc) is 3.12. The molecular weight excluding hydrogens is 432 g/mol. The van der Waals surface area contributed by atoms with E-state index in [0.29, 0.717) is 0 Å². The molecule has 7 heteroatoms. The van der Waals surface area contributed by atoms with Crippen LogP contribution in [0.1, 0.15) is 68.1 Å². The van der Waals surface area contributed by atoms with Crippen molar-refractivity contribution < 1.29 is 23.9 Å². The predicted molar refractivity (Wildman–Crippen MR) is 125 cm³/mol. The summed E-state index contributed by atoms with van der Waals surface area (Å²) in [6.45, 7) is 3.15. The second-order valence-corrected chi connectivity index (χ2v) is 8.10. The minimum Gasteiger partial charge on any atom is -0.452 e. The molecule has 0 unspecified atom stereocenters. The molecule has 0 radical (unpaired) electrons. The van der Waals surface area contributed by atoms with Crippen LogP contribution in [0.25, 0.3) is 0 Å². The van der Waals surface area contributed by atoms with Crippen LogP contribution in [0.5, 0.6) is 0 Å². The van der Waals surface area contributed by atoms with Crippen molar-refractivity contribution >= 4 is 23.7 Å². The van der Waals surface area contributed by atoms with E-state index in [9.17, 15) is 19.2 Å². The van der Waals surface area contributed by atoms with Gasteiger partial charge in [0, 0.05) is 0 Å². The molecule has 0 fully saturated rings. The fourth-order valence-electron chi connectivity index (χ4n) is 3.94. The van der Waals surface area contributed by atoms with Gasteiger partial charge in [0.2, 0.25) is 0 Å². The number of carbonyl (C=O) groups is 4. The number of hydrogen-bond donors (Lipinski definition) is 1. The quantitative estimate of drug-likeness (QED) is 0.427. The SMILES string of the molecule is C[C@H](NC(=O)COC(=O)c1ccc2c(c1)C(=O)N([C@@H](C)c1ccccc1)C2=O)c1ccccc1. The summed E-state index contributed by atoms with van der Waals surface area (Å²) in [6.07, 6.45) is 0. The molecular formula is C27H24N2O5. The number of ether oxygens (including phenoxy) is 1. The van der Waals surface area contributed by atoms with Crippen LogP contribution in [-0.4, -0.2) is 35.2 Å². The Morgan fingerprint density at radius 2 is 1.41 bits per heavy atom. The molecule has 0 aliphatic carbocycles. The van der Waals surface area contributed by atoms with Gasteiger partial charge in [-0.1, -0.05) is 60.7 Å². The van der Waals surface area contributed by atoms with Crippen LogP contribution in [0, 0.1) is 0 Å². The molecule has 0 spiro atoms. The highest BCUT2D eigenvalue weighted by Crippen LogP contribution is 2.31. The van der Waals surface area contributed by atoms with Gasteiger partial charge in [0.15, 0.2) is 6.61 Å². The van der Waals surface area contributed by atoms with Crippen LogP contribution in [0.2, 0.25) is 0 Å². The van der Waals surface area contributed by atoms with Crippen molar-refractivity contribution in [1.29, 1.82) is 0 Å². The molecule has 1 aliphatic heterocycles. The Balaban J connectivity index is 1.41. The van der Waals surface area contributed by atoms with Crippen LogP contribution in [0.4, 0.5) is 0 Å². The van der Waals surface area contributed by atoms with Crippen LogP contribution >= 0.6 is 0 Å². The molecule has 0 saturated carbocycles. The van der Waals surface area contributed by atoms with Gasteiger partial charge in [-0.2, -0.15) is 0 Å². The highest BCUT2D eigenvalue weighted by atomic mass is 16.5. The number of carbonyl (C=O) groups excluding carboxylic acids is 4. The van der Waals surface area contributed by atoms with Crippen molar-refractivity contribution in [2.24, 2.45) is 0 Å². The molecule has 4 rings (SSSR count). The van der Waals surface area contributed by atoms with Gasteiger partial charge in [-0.15, -0.1) is 0 Å². The molecule has 34 heavy (non-hydrogen) atoms. The van der Waals surface area contributed by atoms with Crippen molar-refractivity contribution in [1.82, 2.24) is 10.2 Å². The van der Waals surface area contributed by atoms with Gasteiger partial charge in [-0.25, -0.2) is 4.79 Å². The summed E-state index contributed by atoms with van der Waals surface area (Å²) in [6, 6.07) is 22.2. The van der Waals surface area contributed by atoms with Crippen molar-refractivity contribution in [3.8, 4) is 0 Å². The summed E-state index contributed by atoms with van der Waals surface area (Å²) in [7, 11) is 0. The van der Waals surface area contributed by atoms with Gasteiger partial charge in [0.25, 0.3) is 17.7 Å². The largest absolute Gasteiger partial charge is 0.452 e. The van der Waals surface area contributed by atoms with Crippen molar-refractivity contribution in [2.75, 3.05) is 6.61 Å². The number of rotatable bonds is 7. The second kappa shape index (κ2) is 9.70. The van der Waals surface area contributed by atoms with Gasteiger partial charge in [-0.3, -0.25) is 19.3 Å². The molecule has 7 nitrogen and oxygen atoms in total. The maximum absolute atomic E-state index is 13.0. The fourth-order valence-corrected chi connectivity index (χ4v) is 3.94. The first-order valence-corrected chi connectivity index (χ1v) is 10.9. The summed E-state index contributed by atoms with van der Waals surface area (Å²) in [4.78, 5) is 51.8. The smallest absolute Gasteiger partial charge is 0.338 e. The lowest BCUT2D eigenvalue weighted by Crippen LogP contribution is -2.32. The predicted octanol–water partition coefficient (Wildman–Crippen LogP) is 4.08. The molecule has 2 atom stereocenters. The Morgan fingerprint density at radius 3 is 2.06 bits per heavy atom. The lowest BCUT2D eigenvalue weighted by molar-refractivity contribution is -0.124. The number of nitrogens with one attached hydrogen (secondary N) is 1. The number of imide groups is 1. The molecule has 0 bridgehead atoms. The minimum absolute atomic E-state index is 0.0954. The standard InChI is InChI=1S/C27H24N2O5/c1-17(19-9-5-3-6-10-19)28-24(30)16-34-27(33)21-13-14-22-23(15-21)26(32)29(25(22)31)18(2)20-11-7-4-8-12-20/h3-15,17-18H,16H2,1-2H3,(H,28,30)/t17-,18-/m0/s1. The molecule has 3 aromatic carbocycles. The van der Waals surface area contributed by atoms with E-state index in [1.165, 1.54) is 23.1 Å². The van der Waals surface area contributed by atoms with Crippen molar-refractivity contribution in [2.45, 2.75) is 25.9 Å². The Bertz CT molecular complexity index is 1240. The zero-order chi connectivity index (χ0) is 24.2. The zero-order valence-electron chi connectivity index (χ0n) is 18.9. The molecule has 1 aliphatic rings. The first kappa shape index (κ1) is 22.9. The average molecular weight is 456 g/mol. The summed E-state index contributed by atoms with van der Waals surface area (Å²) in [5.41, 5.74) is 2.23. The number of esters is 1. The van der Waals surface area contributed by atoms with E-state index >= 15 is 0 Å². The number of amides is 3. The Labute approximate surface area is 197 Å². The van der Waals surface area contributed by atoms with E-state index in [1.807, 2.05) is 67.6 Å². The first-order chi connectivity index (χ1) is 16.4. The van der Waals surface area contributed by atoms with Crippen LogP contribution in [0.15, 0.2) is 78.9 Å². The first-order valence-electron chi connectivity index (χ1n) is 10.9. The summed E-state index contributed by atoms with van der Waals surface area (Å²) in [5.74, 6) is -2.08. The van der Waals surface area contributed by atoms with E-state index < -0.39 is 36.3 Å². The Hall–Kier alpha value is -4.26. The topological polar surface area (TPSA) is 92.8 Å². The summed E-state index contributed by atoms with van der Waals surface area (Å²) < 4.78 is 5.13. The van der Waals surface area contributed by atoms with E-state index in [1.54, 1.807) is 6.92 Å². The molecule has 0 aromatic heterocycles. The highest BCUT2D eigenvalue weighted by molar-refractivity contribution is 6.22. The lowest BCUT2D eigenvalue weighted by Gasteiger charge is -2.22. The van der Waals surface area contributed by atoms with Crippen LogP contribution < -0.4 is 5.32 Å². The number of hydrogen-bond acceptors (Lipinski definition) is 5. The van der Waals surface area contributed by atoms with Gasteiger partial charge in [0.05, 0.1) is 28.8 Å². The number of fused-ring (bicyclic) bond motifs is 1. The van der Waals surface area contributed by atoms with E-state index in [2.05, 4.69) is 5.32 Å². The van der Waals surface area contributed by atoms with E-state index in [-0.39, 0.29) is 22.7 Å². The van der Waals surface area contributed by atoms with E-state index in [0.717, 1.165) is 11.1 Å². The van der Waals surface area contributed by atoms with Crippen molar-refractivity contribution in [3.05, 3.63) is 107 Å². The van der Waals surface area contributed by atoms with Crippen LogP contribution in [0.3, 0.4) is 0 Å². The highest BCUT2D eigenvalue weighted by Gasteiger charge is 2.39. The maximum Gasteiger partial charge on any atom is 0.338 e. The zero-order valence-corrected chi connectivity index (χ0v) is 18.9. The normalized spacial score (nSPS) is 14.4. The third kappa shape index (κ3) is 4.59. The molecule has 0 saturated heterocycles. The number of nitrogens with zero attached hydrogens (tertiary/aromatic N) is 1. The fraction of sp³-hybridized carbons (Fsp3) is 0.185. The van der Waals surface area contributed by atoms with E-state index in [4.69, 9.17) is 4.74 Å². The second-order valence-electron chi connectivity index (χ2n) is 8.10. The van der Waals surface area contributed by atoms with Gasteiger partial charge >= 0.3 is 5.97 Å². The maximum atomic E-state index is 13.0. The molecule has 1 N–H and O–H groups in total. The third-order valence-electron chi connectivity index (χ3n) is 5.83. The lowest BCUT2D eigenvalue weighted by atomic mass is 10.1. The molecule has 3 amide bonds. The molecule has 172 valence electrons. The summed E-state index contributed by atoms with van der Waals surface area (Å²) in [5, 5.41) is 2.77. The van der Waals surface area contributed by atoms with Crippen molar-refractivity contribution in [3.63, 3.8) is 0 Å².